The lowest BCUT2D eigenvalue weighted by Crippen LogP contribution is -2.49. The summed E-state index contributed by atoms with van der Waals surface area (Å²) in [5.74, 6) is -0.602. The van der Waals surface area contributed by atoms with Gasteiger partial charge < -0.3 is 5.73 Å². The quantitative estimate of drug-likeness (QED) is 0.791. The molecule has 1 aromatic rings. The van der Waals surface area contributed by atoms with Crippen molar-refractivity contribution in [1.82, 2.24) is 4.72 Å². The molecule has 0 atom stereocenters. The molecule has 3 N–H and O–H groups in total. The van der Waals surface area contributed by atoms with Gasteiger partial charge in [0.15, 0.2) is 0 Å². The Kier molecular flexibility index (Phi) is 5.40. The van der Waals surface area contributed by atoms with E-state index in [1.807, 2.05) is 0 Å². The van der Waals surface area contributed by atoms with E-state index in [-0.39, 0.29) is 15.9 Å². The van der Waals surface area contributed by atoms with Gasteiger partial charge in [0.25, 0.3) is 0 Å². The minimum absolute atomic E-state index is 0.0829. The van der Waals surface area contributed by atoms with Crippen LogP contribution in [-0.4, -0.2) is 20.5 Å². The lowest BCUT2D eigenvalue weighted by atomic mass is 9.92. The minimum atomic E-state index is -3.74. The van der Waals surface area contributed by atoms with E-state index in [1.165, 1.54) is 12.1 Å². The van der Waals surface area contributed by atoms with Crippen LogP contribution in [0, 0.1) is 5.82 Å². The topological polar surface area (TPSA) is 72.2 Å². The van der Waals surface area contributed by atoms with E-state index in [1.54, 1.807) is 0 Å². The van der Waals surface area contributed by atoms with Crippen molar-refractivity contribution in [3.63, 3.8) is 0 Å². The van der Waals surface area contributed by atoms with Crippen LogP contribution >= 0.6 is 15.9 Å². The van der Waals surface area contributed by atoms with Crippen molar-refractivity contribution in [2.45, 2.75) is 49.0 Å². The molecule has 0 aromatic heterocycles. The summed E-state index contributed by atoms with van der Waals surface area (Å²) in [4.78, 5) is -0.0829. The predicted octanol–water partition coefficient (Wildman–Crippen LogP) is 2.92. The van der Waals surface area contributed by atoms with Gasteiger partial charge in [0, 0.05) is 12.1 Å². The molecule has 0 amide bonds. The van der Waals surface area contributed by atoms with Crippen molar-refractivity contribution < 1.29 is 12.8 Å². The maximum Gasteiger partial charge on any atom is 0.240 e. The molecule has 0 saturated heterocycles. The van der Waals surface area contributed by atoms with Gasteiger partial charge in [-0.2, -0.15) is 0 Å². The lowest BCUT2D eigenvalue weighted by Gasteiger charge is -2.28. The van der Waals surface area contributed by atoms with Crippen LogP contribution in [-0.2, 0) is 10.0 Å². The number of benzene rings is 1. The van der Waals surface area contributed by atoms with Gasteiger partial charge in [0.05, 0.1) is 9.37 Å². The van der Waals surface area contributed by atoms with Gasteiger partial charge in [0.2, 0.25) is 10.0 Å². The Morgan fingerprint density at radius 2 is 1.86 bits per heavy atom. The molecule has 0 spiro atoms. The summed E-state index contributed by atoms with van der Waals surface area (Å²) in [7, 11) is -3.74. The zero-order valence-electron chi connectivity index (χ0n) is 11.7. The fraction of sp³-hybridized carbons (Fsp3) is 0.571. The average Bonchev–Trinajstić information content (AvgIpc) is 2.65. The van der Waals surface area contributed by atoms with E-state index in [0.29, 0.717) is 0 Å². The normalized spacial score (nSPS) is 19.2. The third-order valence-electron chi connectivity index (χ3n) is 3.91. The van der Waals surface area contributed by atoms with E-state index in [0.717, 1.165) is 44.6 Å². The van der Waals surface area contributed by atoms with Crippen molar-refractivity contribution in [3.8, 4) is 0 Å². The van der Waals surface area contributed by atoms with Gasteiger partial charge in [0.1, 0.15) is 5.82 Å². The maximum absolute atomic E-state index is 13.5. The van der Waals surface area contributed by atoms with Gasteiger partial charge in [-0.3, -0.25) is 0 Å². The molecule has 1 aliphatic rings. The summed E-state index contributed by atoms with van der Waals surface area (Å²) in [5, 5.41) is 0. The molecule has 1 fully saturated rings. The highest BCUT2D eigenvalue weighted by atomic mass is 79.9. The monoisotopic (exact) mass is 378 g/mol. The first-order valence-electron chi connectivity index (χ1n) is 7.06. The first-order valence-corrected chi connectivity index (χ1v) is 9.34. The van der Waals surface area contributed by atoms with E-state index in [4.69, 9.17) is 5.73 Å². The van der Waals surface area contributed by atoms with Crippen LogP contribution in [0.25, 0.3) is 0 Å². The summed E-state index contributed by atoms with van der Waals surface area (Å²) in [6, 6.07) is 3.75. The number of nitrogens with two attached hydrogens (primary N) is 1. The van der Waals surface area contributed by atoms with E-state index < -0.39 is 21.4 Å². The second kappa shape index (κ2) is 6.73. The number of hydrogen-bond acceptors (Lipinski definition) is 3. The molecular weight excluding hydrogens is 359 g/mol. The van der Waals surface area contributed by atoms with Crippen molar-refractivity contribution in [3.05, 3.63) is 28.5 Å². The van der Waals surface area contributed by atoms with Crippen molar-refractivity contribution in [1.29, 1.82) is 0 Å². The molecule has 7 heteroatoms. The first kappa shape index (κ1) is 16.9. The summed E-state index contributed by atoms with van der Waals surface area (Å²) < 4.78 is 40.7. The maximum atomic E-state index is 13.5. The molecule has 0 unspecified atom stereocenters. The number of halogens is 2. The van der Waals surface area contributed by atoms with Gasteiger partial charge in [-0.05, 0) is 47.0 Å². The fourth-order valence-electron chi connectivity index (χ4n) is 2.58. The molecule has 0 radical (unpaired) electrons. The van der Waals surface area contributed by atoms with Crippen molar-refractivity contribution in [2.75, 3.05) is 6.54 Å². The highest BCUT2D eigenvalue weighted by Gasteiger charge is 2.28. The summed E-state index contributed by atoms with van der Waals surface area (Å²) in [6.45, 7) is 0.188. The number of hydrogen-bond donors (Lipinski definition) is 2. The number of nitrogens with one attached hydrogen (secondary N) is 1. The Morgan fingerprint density at radius 3 is 2.43 bits per heavy atom. The van der Waals surface area contributed by atoms with Crippen LogP contribution in [0.1, 0.15) is 38.5 Å². The molecule has 1 aliphatic carbocycles. The Morgan fingerprint density at radius 1 is 1.24 bits per heavy atom. The van der Waals surface area contributed by atoms with Crippen LogP contribution in [0.5, 0.6) is 0 Å². The summed E-state index contributed by atoms with van der Waals surface area (Å²) in [6.07, 6.45) is 5.94. The molecule has 0 aliphatic heterocycles. The summed E-state index contributed by atoms with van der Waals surface area (Å²) in [5.41, 5.74) is 5.79. The minimum Gasteiger partial charge on any atom is -0.324 e. The molecular formula is C14H20BrFN2O2S. The highest BCUT2D eigenvalue weighted by molar-refractivity contribution is 9.10. The van der Waals surface area contributed by atoms with Crippen LogP contribution < -0.4 is 10.5 Å². The molecule has 2 rings (SSSR count). The third kappa shape index (κ3) is 4.48. The van der Waals surface area contributed by atoms with E-state index >= 15 is 0 Å². The molecule has 4 nitrogen and oxygen atoms in total. The average molecular weight is 379 g/mol. The SMILES string of the molecule is NC1(CNS(=O)(=O)c2ccc(Br)c(F)c2)CCCCCC1. The standard InChI is InChI=1S/C14H20BrFN2O2S/c15-12-6-5-11(9-13(12)16)21(19,20)18-10-14(17)7-3-1-2-4-8-14/h5-6,9,18H,1-4,7-8,10,17H2. The number of rotatable bonds is 4. The first-order chi connectivity index (χ1) is 9.82. The molecule has 1 aromatic carbocycles. The smallest absolute Gasteiger partial charge is 0.240 e. The van der Waals surface area contributed by atoms with E-state index in [9.17, 15) is 12.8 Å². The Balaban J connectivity index is 2.08. The van der Waals surface area contributed by atoms with Crippen LogP contribution in [0.4, 0.5) is 4.39 Å². The Bertz CT molecular complexity index is 599. The van der Waals surface area contributed by atoms with Gasteiger partial charge in [-0.15, -0.1) is 0 Å². The zero-order chi connectivity index (χ0) is 15.5. The van der Waals surface area contributed by atoms with Crippen LogP contribution in [0.2, 0.25) is 0 Å². The predicted molar refractivity (Wildman–Crippen MR) is 83.9 cm³/mol. The molecule has 118 valence electrons. The van der Waals surface area contributed by atoms with Gasteiger partial charge in [-0.25, -0.2) is 17.5 Å². The number of sulfonamides is 1. The molecule has 1 saturated carbocycles. The lowest BCUT2D eigenvalue weighted by molar-refractivity contribution is 0.369. The Hall–Kier alpha value is -0.500. The van der Waals surface area contributed by atoms with Gasteiger partial charge in [-0.1, -0.05) is 25.7 Å². The molecule has 0 heterocycles. The highest BCUT2D eigenvalue weighted by Crippen LogP contribution is 2.25. The van der Waals surface area contributed by atoms with Crippen molar-refractivity contribution in [2.24, 2.45) is 5.73 Å². The summed E-state index contributed by atoms with van der Waals surface area (Å²) >= 11 is 3.00. The van der Waals surface area contributed by atoms with Crippen LogP contribution in [0.3, 0.4) is 0 Å². The zero-order valence-corrected chi connectivity index (χ0v) is 14.1. The van der Waals surface area contributed by atoms with E-state index in [2.05, 4.69) is 20.7 Å². The molecule has 0 bridgehead atoms. The van der Waals surface area contributed by atoms with Crippen molar-refractivity contribution >= 4 is 26.0 Å². The van der Waals surface area contributed by atoms with Crippen LogP contribution in [0.15, 0.2) is 27.6 Å². The third-order valence-corrected chi connectivity index (χ3v) is 5.96. The fourth-order valence-corrected chi connectivity index (χ4v) is 3.97. The Labute approximate surface area is 133 Å². The largest absolute Gasteiger partial charge is 0.324 e. The molecule has 21 heavy (non-hydrogen) atoms. The second-order valence-electron chi connectivity index (χ2n) is 5.68. The van der Waals surface area contributed by atoms with Gasteiger partial charge >= 0.3 is 0 Å². The second-order valence-corrected chi connectivity index (χ2v) is 8.30.